The zero-order valence-electron chi connectivity index (χ0n) is 8.24. The molecule has 0 aromatic heterocycles. The van der Waals surface area contributed by atoms with Crippen LogP contribution in [0.25, 0.3) is 0 Å². The van der Waals surface area contributed by atoms with Crippen molar-refractivity contribution in [2.45, 2.75) is 6.42 Å². The summed E-state index contributed by atoms with van der Waals surface area (Å²) in [6.07, 6.45) is 0.731. The van der Waals surface area contributed by atoms with E-state index in [0.29, 0.717) is 23.5 Å². The normalized spacial score (nSPS) is 12.5. The monoisotopic (exact) mass is 203 g/mol. The number of hydrogen-bond acceptors (Lipinski definition) is 4. The summed E-state index contributed by atoms with van der Waals surface area (Å²) in [4.78, 5) is 11.4. The quantitative estimate of drug-likeness (QED) is 0.645. The molecule has 0 radical (unpaired) electrons. The summed E-state index contributed by atoms with van der Waals surface area (Å²) >= 11 is 0. The maximum atomic E-state index is 11.4. The molecule has 0 bridgehead atoms. The first kappa shape index (κ1) is 9.53. The van der Waals surface area contributed by atoms with E-state index in [1.54, 1.807) is 6.07 Å². The Morgan fingerprint density at radius 1 is 1.60 bits per heavy atom. The van der Waals surface area contributed by atoms with Crippen LogP contribution in [-0.2, 0) is 11.2 Å². The average molecular weight is 203 g/mol. The Balaban J connectivity index is 2.58. The van der Waals surface area contributed by atoms with Gasteiger partial charge in [-0.25, -0.2) is 4.79 Å². The highest BCUT2D eigenvalue weighted by Gasteiger charge is 2.22. The van der Waals surface area contributed by atoms with Crippen LogP contribution in [0, 0.1) is 11.3 Å². The second kappa shape index (κ2) is 3.62. The molecule has 1 aromatic carbocycles. The van der Waals surface area contributed by atoms with Crippen LogP contribution < -0.4 is 4.74 Å². The van der Waals surface area contributed by atoms with Crippen molar-refractivity contribution in [1.82, 2.24) is 0 Å². The molecule has 1 heterocycles. The molecule has 0 atom stereocenters. The van der Waals surface area contributed by atoms with Gasteiger partial charge < -0.3 is 9.47 Å². The van der Waals surface area contributed by atoms with E-state index in [-0.39, 0.29) is 0 Å². The molecule has 1 aliphatic heterocycles. The van der Waals surface area contributed by atoms with Gasteiger partial charge in [0.25, 0.3) is 0 Å². The predicted octanol–water partition coefficient (Wildman–Crippen LogP) is 1.28. The highest BCUT2D eigenvalue weighted by atomic mass is 16.5. The lowest BCUT2D eigenvalue weighted by Gasteiger charge is -2.06. The molecule has 0 saturated heterocycles. The fourth-order valence-electron chi connectivity index (χ4n) is 1.63. The van der Waals surface area contributed by atoms with Crippen LogP contribution in [0.4, 0.5) is 0 Å². The molecule has 0 unspecified atom stereocenters. The third-order valence-corrected chi connectivity index (χ3v) is 2.32. The van der Waals surface area contributed by atoms with E-state index in [1.807, 2.05) is 6.07 Å². The zero-order valence-corrected chi connectivity index (χ0v) is 8.24. The van der Waals surface area contributed by atoms with Gasteiger partial charge in [-0.3, -0.25) is 0 Å². The molecule has 1 aromatic rings. The Hall–Kier alpha value is -2.02. The van der Waals surface area contributed by atoms with Gasteiger partial charge in [-0.05, 0) is 17.7 Å². The van der Waals surface area contributed by atoms with E-state index in [4.69, 9.17) is 10.00 Å². The minimum absolute atomic E-state index is 0.337. The second-order valence-corrected chi connectivity index (χ2v) is 3.21. The lowest BCUT2D eigenvalue weighted by molar-refractivity contribution is 0.0597. The van der Waals surface area contributed by atoms with Crippen molar-refractivity contribution < 1.29 is 14.3 Å². The van der Waals surface area contributed by atoms with Gasteiger partial charge in [-0.1, -0.05) is 0 Å². The highest BCUT2D eigenvalue weighted by Crippen LogP contribution is 2.31. The first-order valence-electron chi connectivity index (χ1n) is 4.54. The van der Waals surface area contributed by atoms with Crippen molar-refractivity contribution in [3.63, 3.8) is 0 Å². The number of nitriles is 1. The summed E-state index contributed by atoms with van der Waals surface area (Å²) < 4.78 is 9.97. The van der Waals surface area contributed by atoms with Crippen molar-refractivity contribution in [3.8, 4) is 11.8 Å². The maximum absolute atomic E-state index is 11.4. The molecule has 1 aliphatic rings. The number of carbonyl (C=O) groups is 1. The van der Waals surface area contributed by atoms with Crippen molar-refractivity contribution in [2.75, 3.05) is 13.7 Å². The minimum atomic E-state index is -0.467. The molecule has 15 heavy (non-hydrogen) atoms. The fraction of sp³-hybridized carbons (Fsp3) is 0.273. The van der Waals surface area contributed by atoms with Gasteiger partial charge in [0.15, 0.2) is 0 Å². The van der Waals surface area contributed by atoms with Crippen LogP contribution in [0.5, 0.6) is 5.75 Å². The van der Waals surface area contributed by atoms with Crippen LogP contribution in [-0.4, -0.2) is 19.7 Å². The van der Waals surface area contributed by atoms with Crippen molar-refractivity contribution >= 4 is 5.97 Å². The summed E-state index contributed by atoms with van der Waals surface area (Å²) in [5.74, 6) is 0.0890. The molecule has 76 valence electrons. The molecule has 0 saturated carbocycles. The SMILES string of the molecule is COC(=O)c1cc(C#N)cc2c1OCC2. The van der Waals surface area contributed by atoms with E-state index in [1.165, 1.54) is 13.2 Å². The number of methoxy groups -OCH3 is 1. The molecule has 0 amide bonds. The van der Waals surface area contributed by atoms with Gasteiger partial charge in [0.2, 0.25) is 0 Å². The van der Waals surface area contributed by atoms with Crippen LogP contribution in [0.1, 0.15) is 21.5 Å². The number of carbonyl (C=O) groups excluding carboxylic acids is 1. The van der Waals surface area contributed by atoms with Crippen LogP contribution >= 0.6 is 0 Å². The van der Waals surface area contributed by atoms with Crippen LogP contribution in [0.15, 0.2) is 12.1 Å². The number of fused-ring (bicyclic) bond motifs is 1. The van der Waals surface area contributed by atoms with Gasteiger partial charge in [-0.15, -0.1) is 0 Å². The predicted molar refractivity (Wildman–Crippen MR) is 51.7 cm³/mol. The summed E-state index contributed by atoms with van der Waals surface area (Å²) in [6, 6.07) is 5.25. The Kier molecular flexibility index (Phi) is 2.30. The van der Waals surface area contributed by atoms with Gasteiger partial charge in [0, 0.05) is 6.42 Å². The Morgan fingerprint density at radius 3 is 3.07 bits per heavy atom. The molecule has 0 aliphatic carbocycles. The standard InChI is InChI=1S/C11H9NO3/c1-14-11(13)9-5-7(6-12)4-8-2-3-15-10(8)9/h4-5H,2-3H2,1H3. The van der Waals surface area contributed by atoms with E-state index in [0.717, 1.165) is 12.0 Å². The molecule has 0 fully saturated rings. The summed E-state index contributed by atoms with van der Waals surface area (Å²) in [5.41, 5.74) is 1.69. The zero-order chi connectivity index (χ0) is 10.8. The third-order valence-electron chi connectivity index (χ3n) is 2.32. The van der Waals surface area contributed by atoms with E-state index < -0.39 is 5.97 Å². The molecule has 4 nitrogen and oxygen atoms in total. The third kappa shape index (κ3) is 1.52. The largest absolute Gasteiger partial charge is 0.492 e. The Labute approximate surface area is 87.0 Å². The number of benzene rings is 1. The van der Waals surface area contributed by atoms with Gasteiger partial charge in [0.05, 0.1) is 25.3 Å². The molecular formula is C11H9NO3. The lowest BCUT2D eigenvalue weighted by atomic mass is 10.0. The number of rotatable bonds is 1. The molecule has 0 N–H and O–H groups in total. The van der Waals surface area contributed by atoms with Gasteiger partial charge in [0.1, 0.15) is 11.3 Å². The van der Waals surface area contributed by atoms with Gasteiger partial charge >= 0.3 is 5.97 Å². The summed E-state index contributed by atoms with van der Waals surface area (Å²) in [5, 5.41) is 8.80. The number of nitrogens with zero attached hydrogens (tertiary/aromatic N) is 1. The number of esters is 1. The molecule has 2 rings (SSSR count). The maximum Gasteiger partial charge on any atom is 0.341 e. The van der Waals surface area contributed by atoms with Crippen LogP contribution in [0.3, 0.4) is 0 Å². The average Bonchev–Trinajstić information content (AvgIpc) is 2.74. The van der Waals surface area contributed by atoms with Crippen LogP contribution in [0.2, 0.25) is 0 Å². The fourth-order valence-corrected chi connectivity index (χ4v) is 1.63. The first-order chi connectivity index (χ1) is 7.26. The Bertz CT molecular complexity index is 460. The lowest BCUT2D eigenvalue weighted by Crippen LogP contribution is -2.04. The molecular weight excluding hydrogens is 194 g/mol. The molecule has 4 heteroatoms. The van der Waals surface area contributed by atoms with E-state index in [2.05, 4.69) is 4.74 Å². The number of ether oxygens (including phenoxy) is 2. The minimum Gasteiger partial charge on any atom is -0.492 e. The van der Waals surface area contributed by atoms with E-state index >= 15 is 0 Å². The topological polar surface area (TPSA) is 59.3 Å². The first-order valence-corrected chi connectivity index (χ1v) is 4.54. The van der Waals surface area contributed by atoms with Gasteiger partial charge in [-0.2, -0.15) is 5.26 Å². The summed E-state index contributed by atoms with van der Waals surface area (Å²) in [7, 11) is 1.31. The van der Waals surface area contributed by atoms with Crippen molar-refractivity contribution in [3.05, 3.63) is 28.8 Å². The highest BCUT2D eigenvalue weighted by molar-refractivity contribution is 5.93. The van der Waals surface area contributed by atoms with Crippen molar-refractivity contribution in [1.29, 1.82) is 5.26 Å². The molecule has 0 spiro atoms. The summed E-state index contributed by atoms with van der Waals surface area (Å²) in [6.45, 7) is 0.550. The smallest absolute Gasteiger partial charge is 0.341 e. The van der Waals surface area contributed by atoms with E-state index in [9.17, 15) is 4.79 Å². The Morgan fingerprint density at radius 2 is 2.40 bits per heavy atom. The van der Waals surface area contributed by atoms with Crippen molar-refractivity contribution in [2.24, 2.45) is 0 Å². The second-order valence-electron chi connectivity index (χ2n) is 3.21. The number of hydrogen-bond donors (Lipinski definition) is 0.